The maximum absolute atomic E-state index is 11.8. The SMILES string of the molecule is O=C(NCC1CCOC1)C1CCCCC1. The minimum Gasteiger partial charge on any atom is -0.381 e. The molecular weight excluding hydrogens is 190 g/mol. The highest BCUT2D eigenvalue weighted by atomic mass is 16.5. The Bertz CT molecular complexity index is 206. The summed E-state index contributed by atoms with van der Waals surface area (Å²) in [6.07, 6.45) is 7.04. The number of hydrogen-bond acceptors (Lipinski definition) is 2. The van der Waals surface area contributed by atoms with Crippen LogP contribution in [0.15, 0.2) is 0 Å². The standard InChI is InChI=1S/C12H21NO2/c14-12(11-4-2-1-3-5-11)13-8-10-6-7-15-9-10/h10-11H,1-9H2,(H,13,14). The fourth-order valence-electron chi connectivity index (χ4n) is 2.50. The summed E-state index contributed by atoms with van der Waals surface area (Å²) in [6, 6.07) is 0. The van der Waals surface area contributed by atoms with Crippen molar-refractivity contribution in [3.63, 3.8) is 0 Å². The lowest BCUT2D eigenvalue weighted by Gasteiger charge is -2.21. The van der Waals surface area contributed by atoms with Gasteiger partial charge in [0.2, 0.25) is 5.91 Å². The smallest absolute Gasteiger partial charge is 0.223 e. The van der Waals surface area contributed by atoms with Gasteiger partial charge in [0.1, 0.15) is 0 Å². The monoisotopic (exact) mass is 211 g/mol. The summed E-state index contributed by atoms with van der Waals surface area (Å²) in [5, 5.41) is 3.08. The van der Waals surface area contributed by atoms with Gasteiger partial charge in [0.15, 0.2) is 0 Å². The highest BCUT2D eigenvalue weighted by Gasteiger charge is 2.22. The van der Waals surface area contributed by atoms with Gasteiger partial charge in [-0.05, 0) is 19.3 Å². The van der Waals surface area contributed by atoms with Gasteiger partial charge >= 0.3 is 0 Å². The van der Waals surface area contributed by atoms with Gasteiger partial charge in [0, 0.05) is 25.0 Å². The molecule has 1 saturated carbocycles. The zero-order valence-electron chi connectivity index (χ0n) is 9.34. The Morgan fingerprint density at radius 2 is 2.00 bits per heavy atom. The fraction of sp³-hybridized carbons (Fsp3) is 0.917. The Balaban J connectivity index is 1.66. The molecule has 1 aliphatic heterocycles. The minimum absolute atomic E-state index is 0.279. The second-order valence-electron chi connectivity index (χ2n) is 4.81. The van der Waals surface area contributed by atoms with Crippen molar-refractivity contribution in [3.05, 3.63) is 0 Å². The average Bonchev–Trinajstić information content (AvgIpc) is 2.80. The Labute approximate surface area is 91.6 Å². The van der Waals surface area contributed by atoms with Crippen LogP contribution < -0.4 is 5.32 Å². The molecule has 3 nitrogen and oxygen atoms in total. The largest absolute Gasteiger partial charge is 0.381 e. The Hall–Kier alpha value is -0.570. The van der Waals surface area contributed by atoms with Crippen LogP contribution in [0.1, 0.15) is 38.5 Å². The van der Waals surface area contributed by atoms with Gasteiger partial charge < -0.3 is 10.1 Å². The molecule has 1 atom stereocenters. The van der Waals surface area contributed by atoms with E-state index in [9.17, 15) is 4.79 Å². The lowest BCUT2D eigenvalue weighted by Crippen LogP contribution is -2.35. The van der Waals surface area contributed by atoms with Crippen LogP contribution in [0.3, 0.4) is 0 Å². The molecule has 2 aliphatic rings. The summed E-state index contributed by atoms with van der Waals surface area (Å²) < 4.78 is 5.28. The van der Waals surface area contributed by atoms with Crippen LogP contribution in [0.2, 0.25) is 0 Å². The molecule has 2 fully saturated rings. The maximum atomic E-state index is 11.8. The molecular formula is C12H21NO2. The molecule has 0 radical (unpaired) electrons. The second kappa shape index (κ2) is 5.50. The van der Waals surface area contributed by atoms with E-state index in [-0.39, 0.29) is 5.91 Å². The fourth-order valence-corrected chi connectivity index (χ4v) is 2.50. The van der Waals surface area contributed by atoms with E-state index in [1.165, 1.54) is 19.3 Å². The van der Waals surface area contributed by atoms with Crippen molar-refractivity contribution in [1.82, 2.24) is 5.32 Å². The summed E-state index contributed by atoms with van der Waals surface area (Å²) in [5.41, 5.74) is 0. The molecule has 1 N–H and O–H groups in total. The average molecular weight is 211 g/mol. The van der Waals surface area contributed by atoms with Gasteiger partial charge in [-0.3, -0.25) is 4.79 Å². The molecule has 0 aromatic heterocycles. The maximum Gasteiger partial charge on any atom is 0.223 e. The number of carbonyl (C=O) groups excluding carboxylic acids is 1. The number of hydrogen-bond donors (Lipinski definition) is 1. The summed E-state index contributed by atoms with van der Waals surface area (Å²) in [5.74, 6) is 1.13. The number of carbonyl (C=O) groups is 1. The molecule has 1 aliphatic carbocycles. The number of rotatable bonds is 3. The molecule has 86 valence electrons. The molecule has 1 heterocycles. The minimum atomic E-state index is 0.279. The van der Waals surface area contributed by atoms with E-state index in [1.54, 1.807) is 0 Å². The first kappa shape index (κ1) is 10.9. The molecule has 3 heteroatoms. The van der Waals surface area contributed by atoms with Crippen molar-refractivity contribution < 1.29 is 9.53 Å². The van der Waals surface area contributed by atoms with Gasteiger partial charge in [-0.1, -0.05) is 19.3 Å². The Morgan fingerprint density at radius 1 is 1.20 bits per heavy atom. The van der Waals surface area contributed by atoms with E-state index in [2.05, 4.69) is 5.32 Å². The van der Waals surface area contributed by atoms with E-state index in [1.807, 2.05) is 0 Å². The van der Waals surface area contributed by atoms with Crippen LogP contribution in [0, 0.1) is 11.8 Å². The number of ether oxygens (including phenoxy) is 1. The zero-order chi connectivity index (χ0) is 10.5. The Morgan fingerprint density at radius 3 is 2.67 bits per heavy atom. The highest BCUT2D eigenvalue weighted by molar-refractivity contribution is 5.78. The van der Waals surface area contributed by atoms with E-state index < -0.39 is 0 Å². The lowest BCUT2D eigenvalue weighted by molar-refractivity contribution is -0.126. The summed E-state index contributed by atoms with van der Waals surface area (Å²) >= 11 is 0. The van der Waals surface area contributed by atoms with E-state index >= 15 is 0 Å². The van der Waals surface area contributed by atoms with Crippen molar-refractivity contribution >= 4 is 5.91 Å². The molecule has 0 aromatic carbocycles. The predicted octanol–water partition coefficient (Wildman–Crippen LogP) is 1.72. The quantitative estimate of drug-likeness (QED) is 0.772. The van der Waals surface area contributed by atoms with Crippen LogP contribution in [-0.2, 0) is 9.53 Å². The van der Waals surface area contributed by atoms with Gasteiger partial charge in [-0.2, -0.15) is 0 Å². The van der Waals surface area contributed by atoms with Crippen molar-refractivity contribution in [2.24, 2.45) is 11.8 Å². The molecule has 1 amide bonds. The zero-order valence-corrected chi connectivity index (χ0v) is 9.34. The van der Waals surface area contributed by atoms with Crippen LogP contribution in [-0.4, -0.2) is 25.7 Å². The summed E-state index contributed by atoms with van der Waals surface area (Å²) in [7, 11) is 0. The number of nitrogens with one attached hydrogen (secondary N) is 1. The van der Waals surface area contributed by atoms with E-state index in [0.29, 0.717) is 11.8 Å². The summed E-state index contributed by atoms with van der Waals surface area (Å²) in [6.45, 7) is 2.50. The van der Waals surface area contributed by atoms with Crippen LogP contribution in [0.5, 0.6) is 0 Å². The molecule has 15 heavy (non-hydrogen) atoms. The third kappa shape index (κ3) is 3.20. The number of amides is 1. The topological polar surface area (TPSA) is 38.3 Å². The van der Waals surface area contributed by atoms with Crippen LogP contribution in [0.4, 0.5) is 0 Å². The lowest BCUT2D eigenvalue weighted by atomic mass is 9.88. The van der Waals surface area contributed by atoms with E-state index in [0.717, 1.165) is 39.0 Å². The van der Waals surface area contributed by atoms with Crippen LogP contribution in [0.25, 0.3) is 0 Å². The molecule has 2 rings (SSSR count). The first-order valence-corrected chi connectivity index (χ1v) is 6.21. The molecule has 1 unspecified atom stereocenters. The van der Waals surface area contributed by atoms with Gasteiger partial charge in [0.05, 0.1) is 6.61 Å². The van der Waals surface area contributed by atoms with Crippen molar-refractivity contribution in [3.8, 4) is 0 Å². The van der Waals surface area contributed by atoms with Gasteiger partial charge in [0.25, 0.3) is 0 Å². The third-order valence-electron chi connectivity index (χ3n) is 3.56. The normalized spacial score (nSPS) is 27.9. The first-order valence-electron chi connectivity index (χ1n) is 6.21. The third-order valence-corrected chi connectivity index (χ3v) is 3.56. The highest BCUT2D eigenvalue weighted by Crippen LogP contribution is 2.23. The van der Waals surface area contributed by atoms with Crippen LogP contribution >= 0.6 is 0 Å². The predicted molar refractivity (Wildman–Crippen MR) is 58.5 cm³/mol. The van der Waals surface area contributed by atoms with Crippen molar-refractivity contribution in [2.45, 2.75) is 38.5 Å². The van der Waals surface area contributed by atoms with Crippen molar-refractivity contribution in [1.29, 1.82) is 0 Å². The second-order valence-corrected chi connectivity index (χ2v) is 4.81. The summed E-state index contributed by atoms with van der Waals surface area (Å²) in [4.78, 5) is 11.8. The molecule has 0 spiro atoms. The van der Waals surface area contributed by atoms with Gasteiger partial charge in [-0.25, -0.2) is 0 Å². The Kier molecular flexibility index (Phi) is 4.01. The van der Waals surface area contributed by atoms with Gasteiger partial charge in [-0.15, -0.1) is 0 Å². The molecule has 0 aromatic rings. The van der Waals surface area contributed by atoms with Crippen molar-refractivity contribution in [2.75, 3.05) is 19.8 Å². The first-order chi connectivity index (χ1) is 7.36. The van der Waals surface area contributed by atoms with E-state index in [4.69, 9.17) is 4.74 Å². The molecule has 1 saturated heterocycles. The molecule has 0 bridgehead atoms.